The van der Waals surface area contributed by atoms with Crippen molar-refractivity contribution < 1.29 is 9.84 Å². The van der Waals surface area contributed by atoms with Crippen LogP contribution in [0.5, 0.6) is 11.5 Å². The van der Waals surface area contributed by atoms with E-state index in [4.69, 9.17) is 16.3 Å². The van der Waals surface area contributed by atoms with E-state index in [0.717, 1.165) is 15.7 Å². The summed E-state index contributed by atoms with van der Waals surface area (Å²) >= 11 is 9.50. The van der Waals surface area contributed by atoms with E-state index in [1.165, 1.54) is 0 Å². The standard InChI is InChI=1S/C15H15BrClNO2/c1-2-20-15-12(16)7-11(17)8-13(15)18-9-10-5-3-4-6-14(10)19/h3-8,18-19H,2,9H2,1H3. The first kappa shape index (κ1) is 15.0. The molecule has 0 heterocycles. The molecule has 0 radical (unpaired) electrons. The number of para-hydroxylation sites is 1. The van der Waals surface area contributed by atoms with Crippen LogP contribution in [0, 0.1) is 0 Å². The third-order valence-corrected chi connectivity index (χ3v) is 3.57. The number of ether oxygens (including phenoxy) is 1. The zero-order valence-corrected chi connectivity index (χ0v) is 13.3. The van der Waals surface area contributed by atoms with Crippen LogP contribution in [-0.2, 0) is 6.54 Å². The fraction of sp³-hybridized carbons (Fsp3) is 0.200. The molecule has 0 aliphatic rings. The molecule has 0 saturated heterocycles. The van der Waals surface area contributed by atoms with Gasteiger partial charge in [0.2, 0.25) is 0 Å². The van der Waals surface area contributed by atoms with Gasteiger partial charge in [-0.1, -0.05) is 29.8 Å². The molecule has 106 valence electrons. The molecule has 0 atom stereocenters. The smallest absolute Gasteiger partial charge is 0.156 e. The van der Waals surface area contributed by atoms with E-state index in [1.807, 2.05) is 19.1 Å². The Labute approximate surface area is 131 Å². The lowest BCUT2D eigenvalue weighted by molar-refractivity contribution is 0.339. The first-order valence-corrected chi connectivity index (χ1v) is 7.41. The molecule has 0 aromatic heterocycles. The minimum Gasteiger partial charge on any atom is -0.508 e. The van der Waals surface area contributed by atoms with Gasteiger partial charge in [-0.25, -0.2) is 0 Å². The van der Waals surface area contributed by atoms with Crippen LogP contribution < -0.4 is 10.1 Å². The Morgan fingerprint density at radius 3 is 2.75 bits per heavy atom. The monoisotopic (exact) mass is 355 g/mol. The minimum atomic E-state index is 0.263. The van der Waals surface area contributed by atoms with Gasteiger partial charge in [-0.05, 0) is 41.1 Å². The quantitative estimate of drug-likeness (QED) is 0.807. The minimum absolute atomic E-state index is 0.263. The van der Waals surface area contributed by atoms with Gasteiger partial charge in [0, 0.05) is 17.1 Å². The third-order valence-electron chi connectivity index (χ3n) is 2.76. The molecule has 2 aromatic carbocycles. The number of rotatable bonds is 5. The fourth-order valence-corrected chi connectivity index (χ4v) is 2.76. The highest BCUT2D eigenvalue weighted by molar-refractivity contribution is 9.10. The van der Waals surface area contributed by atoms with E-state index in [1.54, 1.807) is 24.3 Å². The lowest BCUT2D eigenvalue weighted by Gasteiger charge is -2.15. The number of hydrogen-bond acceptors (Lipinski definition) is 3. The van der Waals surface area contributed by atoms with E-state index >= 15 is 0 Å². The molecular weight excluding hydrogens is 342 g/mol. The second kappa shape index (κ2) is 6.86. The Hall–Kier alpha value is -1.39. The molecule has 0 bridgehead atoms. The van der Waals surface area contributed by atoms with Crippen LogP contribution in [-0.4, -0.2) is 11.7 Å². The van der Waals surface area contributed by atoms with Crippen molar-refractivity contribution in [2.75, 3.05) is 11.9 Å². The third kappa shape index (κ3) is 3.58. The maximum atomic E-state index is 9.76. The van der Waals surface area contributed by atoms with Crippen molar-refractivity contribution in [3.63, 3.8) is 0 Å². The number of hydrogen-bond donors (Lipinski definition) is 2. The van der Waals surface area contributed by atoms with E-state index in [9.17, 15) is 5.11 Å². The van der Waals surface area contributed by atoms with Crippen LogP contribution in [0.25, 0.3) is 0 Å². The molecule has 0 saturated carbocycles. The van der Waals surface area contributed by atoms with Gasteiger partial charge in [0.25, 0.3) is 0 Å². The largest absolute Gasteiger partial charge is 0.508 e. The van der Waals surface area contributed by atoms with E-state index in [0.29, 0.717) is 23.9 Å². The summed E-state index contributed by atoms with van der Waals surface area (Å²) in [5, 5.41) is 13.6. The van der Waals surface area contributed by atoms with Crippen LogP contribution in [0.4, 0.5) is 5.69 Å². The summed E-state index contributed by atoms with van der Waals surface area (Å²) in [6.45, 7) is 2.97. The predicted octanol–water partition coefficient (Wildman–Crippen LogP) is 4.82. The number of anilines is 1. The molecule has 0 spiro atoms. The molecule has 20 heavy (non-hydrogen) atoms. The van der Waals surface area contributed by atoms with Gasteiger partial charge in [-0.2, -0.15) is 0 Å². The SMILES string of the molecule is CCOc1c(Br)cc(Cl)cc1NCc1ccccc1O. The summed E-state index contributed by atoms with van der Waals surface area (Å²) in [6, 6.07) is 10.8. The van der Waals surface area contributed by atoms with Crippen molar-refractivity contribution in [2.45, 2.75) is 13.5 Å². The molecule has 0 aliphatic heterocycles. The van der Waals surface area contributed by atoms with Gasteiger partial charge >= 0.3 is 0 Å². The van der Waals surface area contributed by atoms with Crippen molar-refractivity contribution in [3.8, 4) is 11.5 Å². The summed E-state index contributed by atoms with van der Waals surface area (Å²) in [5.41, 5.74) is 1.60. The van der Waals surface area contributed by atoms with Crippen molar-refractivity contribution >= 4 is 33.2 Å². The van der Waals surface area contributed by atoms with Crippen molar-refractivity contribution in [3.05, 3.63) is 51.5 Å². The Morgan fingerprint density at radius 1 is 1.30 bits per heavy atom. The van der Waals surface area contributed by atoms with E-state index < -0.39 is 0 Å². The molecule has 0 fully saturated rings. The average molecular weight is 357 g/mol. The molecular formula is C15H15BrClNO2. The van der Waals surface area contributed by atoms with Gasteiger partial charge in [0.1, 0.15) is 5.75 Å². The summed E-state index contributed by atoms with van der Waals surface area (Å²) in [6.07, 6.45) is 0. The topological polar surface area (TPSA) is 41.5 Å². The number of nitrogens with one attached hydrogen (secondary N) is 1. The number of benzene rings is 2. The lowest BCUT2D eigenvalue weighted by atomic mass is 10.2. The first-order valence-electron chi connectivity index (χ1n) is 6.24. The highest BCUT2D eigenvalue weighted by Crippen LogP contribution is 2.37. The van der Waals surface area contributed by atoms with Crippen molar-refractivity contribution in [2.24, 2.45) is 0 Å². The second-order valence-corrected chi connectivity index (χ2v) is 5.47. The first-order chi connectivity index (χ1) is 9.61. The van der Waals surface area contributed by atoms with Crippen LogP contribution in [0.3, 0.4) is 0 Å². The lowest BCUT2D eigenvalue weighted by Crippen LogP contribution is -2.03. The normalized spacial score (nSPS) is 10.3. The van der Waals surface area contributed by atoms with Gasteiger partial charge in [-0.15, -0.1) is 0 Å². The maximum Gasteiger partial charge on any atom is 0.156 e. The van der Waals surface area contributed by atoms with Crippen LogP contribution in [0.15, 0.2) is 40.9 Å². The average Bonchev–Trinajstić information content (AvgIpc) is 2.41. The summed E-state index contributed by atoms with van der Waals surface area (Å²) in [5.74, 6) is 0.978. The Bertz CT molecular complexity index is 604. The zero-order chi connectivity index (χ0) is 14.5. The van der Waals surface area contributed by atoms with E-state index in [-0.39, 0.29) is 5.75 Å². The molecule has 0 amide bonds. The second-order valence-electron chi connectivity index (χ2n) is 4.18. The zero-order valence-electron chi connectivity index (χ0n) is 11.0. The van der Waals surface area contributed by atoms with Crippen molar-refractivity contribution in [1.29, 1.82) is 0 Å². The van der Waals surface area contributed by atoms with Crippen LogP contribution in [0.1, 0.15) is 12.5 Å². The molecule has 2 aromatic rings. The highest BCUT2D eigenvalue weighted by atomic mass is 79.9. The van der Waals surface area contributed by atoms with Crippen LogP contribution in [0.2, 0.25) is 5.02 Å². The number of aromatic hydroxyl groups is 1. The number of phenols is 1. The Morgan fingerprint density at radius 2 is 2.05 bits per heavy atom. The molecule has 5 heteroatoms. The van der Waals surface area contributed by atoms with Gasteiger partial charge in [-0.3, -0.25) is 0 Å². The van der Waals surface area contributed by atoms with E-state index in [2.05, 4.69) is 21.2 Å². The predicted molar refractivity (Wildman–Crippen MR) is 85.8 cm³/mol. The summed E-state index contributed by atoms with van der Waals surface area (Å²) in [7, 11) is 0. The number of halogens is 2. The fourth-order valence-electron chi connectivity index (χ4n) is 1.83. The highest BCUT2D eigenvalue weighted by Gasteiger charge is 2.10. The van der Waals surface area contributed by atoms with Gasteiger partial charge in [0.05, 0.1) is 16.8 Å². The summed E-state index contributed by atoms with van der Waals surface area (Å²) in [4.78, 5) is 0. The maximum absolute atomic E-state index is 9.76. The molecule has 2 rings (SSSR count). The molecule has 0 aliphatic carbocycles. The Kier molecular flexibility index (Phi) is 5.15. The summed E-state index contributed by atoms with van der Waals surface area (Å²) < 4.78 is 6.41. The van der Waals surface area contributed by atoms with Gasteiger partial charge < -0.3 is 15.2 Å². The molecule has 0 unspecified atom stereocenters. The Balaban J connectivity index is 2.22. The van der Waals surface area contributed by atoms with Gasteiger partial charge in [0.15, 0.2) is 5.75 Å². The number of phenolic OH excluding ortho intramolecular Hbond substituents is 1. The van der Waals surface area contributed by atoms with Crippen molar-refractivity contribution in [1.82, 2.24) is 0 Å². The molecule has 3 nitrogen and oxygen atoms in total. The molecule has 2 N–H and O–H groups in total. The van der Waals surface area contributed by atoms with Crippen LogP contribution >= 0.6 is 27.5 Å².